The van der Waals surface area contributed by atoms with Gasteiger partial charge in [0.25, 0.3) is 0 Å². The summed E-state index contributed by atoms with van der Waals surface area (Å²) in [6, 6.07) is 6.55. The topological polar surface area (TPSA) is 45.2 Å². The lowest BCUT2D eigenvalue weighted by molar-refractivity contribution is 0.00578. The molecule has 3 fully saturated rings. The van der Waals surface area contributed by atoms with Crippen molar-refractivity contribution >= 4 is 12.6 Å². The van der Waals surface area contributed by atoms with E-state index < -0.39 is 7.12 Å². The van der Waals surface area contributed by atoms with Crippen LogP contribution in [0, 0.1) is 0 Å². The largest absolute Gasteiger partial charge is 0.508 e. The highest BCUT2D eigenvalue weighted by Gasteiger charge is 2.51. The van der Waals surface area contributed by atoms with Crippen LogP contribution in [0.25, 0.3) is 0 Å². The summed E-state index contributed by atoms with van der Waals surface area (Å²) in [5.41, 5.74) is 1.28. The molecule has 3 aliphatic heterocycles. The summed E-state index contributed by atoms with van der Waals surface area (Å²) in [5, 5.41) is 10.3. The molecule has 0 bridgehead atoms. The van der Waals surface area contributed by atoms with E-state index in [9.17, 15) is 5.11 Å². The molecular formula is C22H35BN2O3. The molecule has 0 spiro atoms. The maximum Gasteiger partial charge on any atom is 0.494 e. The third-order valence-corrected chi connectivity index (χ3v) is 7.15. The van der Waals surface area contributed by atoms with Crippen molar-refractivity contribution in [3.63, 3.8) is 0 Å². The molecule has 0 saturated carbocycles. The summed E-state index contributed by atoms with van der Waals surface area (Å²) in [7, 11) is -0.434. The summed E-state index contributed by atoms with van der Waals surface area (Å²) in [5.74, 6) is 0.286. The molecule has 28 heavy (non-hydrogen) atoms. The van der Waals surface area contributed by atoms with Crippen LogP contribution < -0.4 is 5.46 Å². The van der Waals surface area contributed by atoms with Gasteiger partial charge in [-0.25, -0.2) is 0 Å². The van der Waals surface area contributed by atoms with E-state index >= 15 is 0 Å². The van der Waals surface area contributed by atoms with Gasteiger partial charge in [0.1, 0.15) is 5.75 Å². The Morgan fingerprint density at radius 3 is 2.18 bits per heavy atom. The lowest BCUT2D eigenvalue weighted by Gasteiger charge is -2.36. The molecule has 0 radical (unpaired) electrons. The lowest BCUT2D eigenvalue weighted by atomic mass is 9.78. The SMILES string of the molecule is CC1(C)OB(c2cc(O)cc(CN3CCC(N4CCCC4)CC3)c2)OC1(C)C. The van der Waals surface area contributed by atoms with Gasteiger partial charge in [0.2, 0.25) is 0 Å². The minimum absolute atomic E-state index is 0.286. The zero-order chi connectivity index (χ0) is 19.9. The van der Waals surface area contributed by atoms with Crippen LogP contribution in [0.2, 0.25) is 0 Å². The number of phenols is 1. The Balaban J connectivity index is 1.40. The maximum atomic E-state index is 10.3. The molecule has 5 nitrogen and oxygen atoms in total. The fraction of sp³-hybridized carbons (Fsp3) is 0.727. The van der Waals surface area contributed by atoms with Gasteiger partial charge in [0.15, 0.2) is 0 Å². The van der Waals surface area contributed by atoms with Crippen LogP contribution in [-0.4, -0.2) is 65.4 Å². The molecule has 3 heterocycles. The molecule has 1 N–H and O–H groups in total. The van der Waals surface area contributed by atoms with Crippen molar-refractivity contribution < 1.29 is 14.4 Å². The fourth-order valence-corrected chi connectivity index (χ4v) is 4.71. The molecular weight excluding hydrogens is 351 g/mol. The first-order valence-corrected chi connectivity index (χ1v) is 10.9. The minimum atomic E-state index is -0.434. The van der Waals surface area contributed by atoms with Gasteiger partial charge >= 0.3 is 7.12 Å². The van der Waals surface area contributed by atoms with E-state index in [1.807, 2.05) is 6.07 Å². The van der Waals surface area contributed by atoms with Gasteiger partial charge in [-0.2, -0.15) is 0 Å². The third kappa shape index (κ3) is 4.11. The van der Waals surface area contributed by atoms with Crippen molar-refractivity contribution in [1.82, 2.24) is 9.80 Å². The minimum Gasteiger partial charge on any atom is -0.508 e. The number of piperidine rings is 1. The monoisotopic (exact) mass is 386 g/mol. The summed E-state index contributed by atoms with van der Waals surface area (Å²) in [4.78, 5) is 5.19. The Morgan fingerprint density at radius 2 is 1.57 bits per heavy atom. The van der Waals surface area contributed by atoms with Crippen molar-refractivity contribution in [2.45, 2.75) is 77.2 Å². The van der Waals surface area contributed by atoms with E-state index in [1.54, 1.807) is 6.07 Å². The molecule has 0 aromatic heterocycles. The Bertz CT molecular complexity index is 679. The van der Waals surface area contributed by atoms with Gasteiger partial charge in [0.05, 0.1) is 11.2 Å². The molecule has 1 aromatic carbocycles. The molecule has 3 aliphatic rings. The lowest BCUT2D eigenvalue weighted by Crippen LogP contribution is -2.43. The van der Waals surface area contributed by atoms with Gasteiger partial charge < -0.3 is 19.3 Å². The Labute approximate surface area is 170 Å². The number of phenolic OH excluding ortho intramolecular Hbond substituents is 1. The Hall–Kier alpha value is -1.08. The average Bonchev–Trinajstić information content (AvgIpc) is 3.22. The van der Waals surface area contributed by atoms with E-state index in [1.165, 1.54) is 38.8 Å². The van der Waals surface area contributed by atoms with Gasteiger partial charge in [-0.05, 0) is 103 Å². The average molecular weight is 386 g/mol. The van der Waals surface area contributed by atoms with Crippen molar-refractivity contribution in [2.75, 3.05) is 26.2 Å². The number of nitrogens with zero attached hydrogens (tertiary/aromatic N) is 2. The first kappa shape index (κ1) is 20.2. The number of hydrogen-bond donors (Lipinski definition) is 1. The van der Waals surface area contributed by atoms with Crippen LogP contribution in [-0.2, 0) is 15.9 Å². The summed E-state index contributed by atoms with van der Waals surface area (Å²) in [6.07, 6.45) is 5.24. The zero-order valence-corrected chi connectivity index (χ0v) is 17.9. The van der Waals surface area contributed by atoms with E-state index in [4.69, 9.17) is 9.31 Å². The van der Waals surface area contributed by atoms with Gasteiger partial charge in [-0.1, -0.05) is 6.07 Å². The van der Waals surface area contributed by atoms with Crippen molar-refractivity contribution in [3.05, 3.63) is 23.8 Å². The standard InChI is InChI=1S/C22H35BN2O3/c1-21(2)22(3,4)28-23(27-21)18-13-17(14-20(26)15-18)16-24-11-7-19(8-12-24)25-9-5-6-10-25/h13-15,19,26H,5-12,16H2,1-4H3. The van der Waals surface area contributed by atoms with Gasteiger partial charge in [0, 0.05) is 12.6 Å². The van der Waals surface area contributed by atoms with Gasteiger partial charge in [-0.3, -0.25) is 4.90 Å². The predicted octanol–water partition coefficient (Wildman–Crippen LogP) is 2.75. The second kappa shape index (κ2) is 7.64. The molecule has 1 aromatic rings. The van der Waals surface area contributed by atoms with Gasteiger partial charge in [-0.15, -0.1) is 0 Å². The van der Waals surface area contributed by atoms with E-state index in [0.29, 0.717) is 0 Å². The van der Waals surface area contributed by atoms with E-state index in [0.717, 1.165) is 36.7 Å². The van der Waals surface area contributed by atoms with Crippen LogP contribution in [0.5, 0.6) is 5.75 Å². The highest BCUT2D eigenvalue weighted by Crippen LogP contribution is 2.36. The zero-order valence-electron chi connectivity index (χ0n) is 17.9. The second-order valence-electron chi connectivity index (χ2n) is 9.77. The van der Waals surface area contributed by atoms with Crippen LogP contribution in [0.15, 0.2) is 18.2 Å². The van der Waals surface area contributed by atoms with Crippen molar-refractivity contribution in [2.24, 2.45) is 0 Å². The summed E-state index contributed by atoms with van der Waals surface area (Å²) >= 11 is 0. The first-order chi connectivity index (χ1) is 13.2. The van der Waals surface area contributed by atoms with Crippen LogP contribution in [0.1, 0.15) is 58.9 Å². The summed E-state index contributed by atoms with van der Waals surface area (Å²) < 4.78 is 12.3. The number of rotatable bonds is 4. The molecule has 0 aliphatic carbocycles. The quantitative estimate of drug-likeness (QED) is 0.807. The van der Waals surface area contributed by atoms with E-state index in [-0.39, 0.29) is 17.0 Å². The first-order valence-electron chi connectivity index (χ1n) is 10.9. The number of likely N-dealkylation sites (tertiary alicyclic amines) is 2. The van der Waals surface area contributed by atoms with Crippen molar-refractivity contribution in [1.29, 1.82) is 0 Å². The van der Waals surface area contributed by atoms with Crippen LogP contribution >= 0.6 is 0 Å². The normalized spacial score (nSPS) is 26.2. The molecule has 0 unspecified atom stereocenters. The smallest absolute Gasteiger partial charge is 0.494 e. The molecule has 0 atom stereocenters. The van der Waals surface area contributed by atoms with Crippen molar-refractivity contribution in [3.8, 4) is 5.75 Å². The fourth-order valence-electron chi connectivity index (χ4n) is 4.71. The third-order valence-electron chi connectivity index (χ3n) is 7.15. The number of aromatic hydroxyl groups is 1. The molecule has 6 heteroatoms. The van der Waals surface area contributed by atoms with Crippen LogP contribution in [0.3, 0.4) is 0 Å². The molecule has 4 rings (SSSR count). The number of hydrogen-bond acceptors (Lipinski definition) is 5. The Kier molecular flexibility index (Phi) is 5.51. The van der Waals surface area contributed by atoms with E-state index in [2.05, 4.69) is 43.6 Å². The predicted molar refractivity (Wildman–Crippen MR) is 113 cm³/mol. The number of benzene rings is 1. The molecule has 0 amide bonds. The highest BCUT2D eigenvalue weighted by atomic mass is 16.7. The second-order valence-corrected chi connectivity index (χ2v) is 9.77. The van der Waals surface area contributed by atoms with Crippen LogP contribution in [0.4, 0.5) is 0 Å². The summed E-state index contributed by atoms with van der Waals surface area (Å²) in [6.45, 7) is 13.9. The highest BCUT2D eigenvalue weighted by molar-refractivity contribution is 6.62. The molecule has 3 saturated heterocycles. The Morgan fingerprint density at radius 1 is 0.964 bits per heavy atom. The maximum absolute atomic E-state index is 10.3. The molecule has 154 valence electrons.